The molecule has 118 valence electrons. The second kappa shape index (κ2) is 8.44. The molecule has 1 atom stereocenters. The van der Waals surface area contributed by atoms with Gasteiger partial charge in [0, 0.05) is 6.61 Å². The van der Waals surface area contributed by atoms with E-state index < -0.39 is 0 Å². The molecular weight excluding hydrogens is 377 g/mol. The van der Waals surface area contributed by atoms with E-state index in [-0.39, 0.29) is 21.4 Å². The van der Waals surface area contributed by atoms with Crippen molar-refractivity contribution in [1.82, 2.24) is 0 Å². The third kappa shape index (κ3) is 4.54. The number of hydrogen-bond acceptors (Lipinski definition) is 2. The van der Waals surface area contributed by atoms with Gasteiger partial charge in [0.05, 0.1) is 31.7 Å². The first-order chi connectivity index (χ1) is 10.0. The van der Waals surface area contributed by atoms with Crippen LogP contribution < -0.4 is 0 Å². The minimum absolute atomic E-state index is 0.0953. The van der Waals surface area contributed by atoms with Crippen molar-refractivity contribution in [1.29, 1.82) is 0 Å². The Morgan fingerprint density at radius 3 is 2.10 bits per heavy atom. The van der Waals surface area contributed by atoms with E-state index in [4.69, 9.17) is 67.5 Å². The van der Waals surface area contributed by atoms with E-state index in [9.17, 15) is 0 Å². The summed E-state index contributed by atoms with van der Waals surface area (Å²) in [6.45, 7) is 1.33. The first kappa shape index (κ1) is 17.9. The lowest BCUT2D eigenvalue weighted by Gasteiger charge is -2.22. The predicted molar refractivity (Wildman–Crippen MR) is 89.4 cm³/mol. The van der Waals surface area contributed by atoms with Gasteiger partial charge in [-0.05, 0) is 37.7 Å². The van der Waals surface area contributed by atoms with Crippen LogP contribution in [0.5, 0.6) is 0 Å². The molecule has 2 nitrogen and oxygen atoms in total. The maximum Gasteiger partial charge on any atom is 0.157 e. The van der Waals surface area contributed by atoms with Gasteiger partial charge in [-0.25, -0.2) is 0 Å². The number of halogens is 5. The van der Waals surface area contributed by atoms with Crippen LogP contribution in [0.4, 0.5) is 0 Å². The molecule has 0 N–H and O–H groups in total. The van der Waals surface area contributed by atoms with Crippen LogP contribution in [-0.4, -0.2) is 19.5 Å². The zero-order valence-corrected chi connectivity index (χ0v) is 15.0. The molecule has 0 spiro atoms. The Balaban J connectivity index is 1.91. The Morgan fingerprint density at radius 1 is 0.905 bits per heavy atom. The van der Waals surface area contributed by atoms with Gasteiger partial charge in [-0.2, -0.15) is 0 Å². The molecular formula is C14H15Cl5O2. The van der Waals surface area contributed by atoms with Crippen molar-refractivity contribution >= 4 is 58.0 Å². The Morgan fingerprint density at radius 2 is 1.52 bits per heavy atom. The number of hydrogen-bond donors (Lipinski definition) is 0. The van der Waals surface area contributed by atoms with E-state index in [1.54, 1.807) is 0 Å². The summed E-state index contributed by atoms with van der Waals surface area (Å²) in [5, 5.41) is 1.36. The average molecular weight is 393 g/mol. The van der Waals surface area contributed by atoms with Crippen LogP contribution in [0.25, 0.3) is 0 Å². The van der Waals surface area contributed by atoms with Crippen LogP contribution in [0, 0.1) is 0 Å². The van der Waals surface area contributed by atoms with Crippen molar-refractivity contribution in [2.75, 3.05) is 13.2 Å². The van der Waals surface area contributed by atoms with E-state index in [0.717, 1.165) is 32.3 Å². The molecule has 1 saturated heterocycles. The van der Waals surface area contributed by atoms with Crippen molar-refractivity contribution < 1.29 is 9.47 Å². The third-order valence-electron chi connectivity index (χ3n) is 3.31. The van der Waals surface area contributed by atoms with Crippen LogP contribution in [-0.2, 0) is 15.9 Å². The summed E-state index contributed by atoms with van der Waals surface area (Å²) >= 11 is 30.4. The van der Waals surface area contributed by atoms with Gasteiger partial charge in [0.25, 0.3) is 0 Å². The van der Waals surface area contributed by atoms with Gasteiger partial charge >= 0.3 is 0 Å². The fourth-order valence-corrected chi connectivity index (χ4v) is 3.54. The summed E-state index contributed by atoms with van der Waals surface area (Å²) in [7, 11) is 0. The topological polar surface area (TPSA) is 18.5 Å². The molecule has 7 heteroatoms. The van der Waals surface area contributed by atoms with Crippen molar-refractivity contribution in [3.05, 3.63) is 30.7 Å². The van der Waals surface area contributed by atoms with Crippen LogP contribution in [0.3, 0.4) is 0 Å². The molecule has 1 unspecified atom stereocenters. The smallest absolute Gasteiger partial charge is 0.157 e. The minimum atomic E-state index is -0.0953. The van der Waals surface area contributed by atoms with Gasteiger partial charge in [-0.3, -0.25) is 0 Å². The molecule has 0 radical (unpaired) electrons. The highest BCUT2D eigenvalue weighted by molar-refractivity contribution is 6.55. The average Bonchev–Trinajstić information content (AvgIpc) is 2.51. The zero-order valence-electron chi connectivity index (χ0n) is 11.2. The molecule has 1 aliphatic heterocycles. The molecule has 1 fully saturated rings. The van der Waals surface area contributed by atoms with E-state index in [0.29, 0.717) is 28.6 Å². The van der Waals surface area contributed by atoms with E-state index in [2.05, 4.69) is 0 Å². The fraction of sp³-hybridized carbons (Fsp3) is 0.571. The maximum atomic E-state index is 6.18. The van der Waals surface area contributed by atoms with Gasteiger partial charge in [-0.1, -0.05) is 58.0 Å². The molecule has 0 amide bonds. The predicted octanol–water partition coefficient (Wildman–Crippen LogP) is 6.43. The Bertz CT molecular complexity index is 472. The van der Waals surface area contributed by atoms with Gasteiger partial charge in [0.1, 0.15) is 0 Å². The molecule has 1 aromatic rings. The van der Waals surface area contributed by atoms with Crippen LogP contribution >= 0.6 is 58.0 Å². The molecule has 2 rings (SSSR count). The van der Waals surface area contributed by atoms with Crippen LogP contribution in [0.1, 0.15) is 31.2 Å². The fourth-order valence-electron chi connectivity index (χ4n) is 2.18. The van der Waals surface area contributed by atoms with Crippen molar-refractivity contribution in [2.24, 2.45) is 0 Å². The standard InChI is InChI=1S/C14H15Cl5O2/c15-10-8(11(16)13(18)14(19)12(10)17)4-3-7-21-9-5-1-2-6-20-9/h9H,1-7H2. The number of rotatable bonds is 5. The monoisotopic (exact) mass is 390 g/mol. The van der Waals surface area contributed by atoms with Crippen molar-refractivity contribution in [3.8, 4) is 0 Å². The summed E-state index contributed by atoms with van der Waals surface area (Å²) in [5.41, 5.74) is 0.700. The normalized spacial score (nSPS) is 19.0. The zero-order chi connectivity index (χ0) is 15.4. The largest absolute Gasteiger partial charge is 0.353 e. The second-order valence-electron chi connectivity index (χ2n) is 4.82. The lowest BCUT2D eigenvalue weighted by molar-refractivity contribution is -0.162. The van der Waals surface area contributed by atoms with Gasteiger partial charge in [0.15, 0.2) is 6.29 Å². The summed E-state index contributed by atoms with van der Waals surface area (Å²) in [5.74, 6) is 0. The first-order valence-electron chi connectivity index (χ1n) is 6.76. The molecule has 1 aliphatic rings. The molecule has 0 saturated carbocycles. The Kier molecular flexibility index (Phi) is 7.21. The highest BCUT2D eigenvalue weighted by Crippen LogP contribution is 2.44. The molecule has 0 aliphatic carbocycles. The first-order valence-corrected chi connectivity index (χ1v) is 8.65. The van der Waals surface area contributed by atoms with Crippen molar-refractivity contribution in [3.63, 3.8) is 0 Å². The third-order valence-corrected chi connectivity index (χ3v) is 5.67. The minimum Gasteiger partial charge on any atom is -0.353 e. The molecule has 21 heavy (non-hydrogen) atoms. The maximum absolute atomic E-state index is 6.18. The van der Waals surface area contributed by atoms with Crippen LogP contribution in [0.15, 0.2) is 0 Å². The highest BCUT2D eigenvalue weighted by Gasteiger charge is 2.19. The Labute approximate surface area is 149 Å². The molecule has 0 bridgehead atoms. The lowest BCUT2D eigenvalue weighted by Crippen LogP contribution is -2.22. The SMILES string of the molecule is Clc1c(Cl)c(Cl)c(CCCOC2CCCCO2)c(Cl)c1Cl. The van der Waals surface area contributed by atoms with E-state index >= 15 is 0 Å². The lowest BCUT2D eigenvalue weighted by atomic mass is 10.1. The number of ether oxygens (including phenoxy) is 2. The molecule has 0 aromatic heterocycles. The van der Waals surface area contributed by atoms with E-state index in [1.807, 2.05) is 0 Å². The summed E-state index contributed by atoms with van der Waals surface area (Å²) in [6, 6.07) is 0. The van der Waals surface area contributed by atoms with Crippen molar-refractivity contribution in [2.45, 2.75) is 38.4 Å². The summed E-state index contributed by atoms with van der Waals surface area (Å²) in [6.07, 6.45) is 4.45. The quantitative estimate of drug-likeness (QED) is 0.327. The Hall–Kier alpha value is 0.590. The summed E-state index contributed by atoms with van der Waals surface area (Å²) < 4.78 is 11.2. The summed E-state index contributed by atoms with van der Waals surface area (Å²) in [4.78, 5) is 0. The van der Waals surface area contributed by atoms with Gasteiger partial charge in [0.2, 0.25) is 0 Å². The highest BCUT2D eigenvalue weighted by atomic mass is 35.5. The van der Waals surface area contributed by atoms with Gasteiger partial charge < -0.3 is 9.47 Å². The second-order valence-corrected chi connectivity index (χ2v) is 6.71. The molecule has 1 heterocycles. The van der Waals surface area contributed by atoms with Gasteiger partial charge in [-0.15, -0.1) is 0 Å². The number of benzene rings is 1. The van der Waals surface area contributed by atoms with Crippen LogP contribution in [0.2, 0.25) is 25.1 Å². The molecule has 1 aromatic carbocycles. The van der Waals surface area contributed by atoms with E-state index in [1.165, 1.54) is 0 Å².